The first-order valence-corrected chi connectivity index (χ1v) is 7.41. The van der Waals surface area contributed by atoms with Crippen molar-refractivity contribution < 1.29 is 9.47 Å². The molecule has 0 fully saturated rings. The first kappa shape index (κ1) is 14.8. The molecule has 0 aliphatic rings. The van der Waals surface area contributed by atoms with Gasteiger partial charge in [0.05, 0.1) is 6.61 Å². The van der Waals surface area contributed by atoms with Gasteiger partial charge in [0.2, 0.25) is 0 Å². The van der Waals surface area contributed by atoms with Gasteiger partial charge in [-0.25, -0.2) is 0 Å². The highest BCUT2D eigenvalue weighted by Gasteiger charge is 2.22. The van der Waals surface area contributed by atoms with E-state index in [1.54, 1.807) is 7.11 Å². The van der Waals surface area contributed by atoms with Crippen LogP contribution >= 0.6 is 22.6 Å². The Labute approximate surface area is 118 Å². The topological polar surface area (TPSA) is 18.5 Å². The fourth-order valence-corrected chi connectivity index (χ4v) is 2.02. The average molecular weight is 348 g/mol. The number of alkyl halides is 1. The second-order valence-corrected chi connectivity index (χ2v) is 5.47. The van der Waals surface area contributed by atoms with Gasteiger partial charge in [-0.15, -0.1) is 0 Å². The lowest BCUT2D eigenvalue weighted by Gasteiger charge is -2.25. The van der Waals surface area contributed by atoms with Crippen LogP contribution in [0.3, 0.4) is 0 Å². The monoisotopic (exact) mass is 348 g/mol. The van der Waals surface area contributed by atoms with E-state index in [2.05, 4.69) is 54.6 Å². The maximum Gasteiger partial charge on any atom is 0.123 e. The van der Waals surface area contributed by atoms with Crippen LogP contribution in [-0.2, 0) is 10.2 Å². The number of hydrogen-bond acceptors (Lipinski definition) is 2. The summed E-state index contributed by atoms with van der Waals surface area (Å²) in [6.07, 6.45) is 0.926. The maximum absolute atomic E-state index is 5.84. The molecule has 1 aromatic carbocycles. The summed E-state index contributed by atoms with van der Waals surface area (Å²) in [4.78, 5) is 0. The Morgan fingerprint density at radius 1 is 1.18 bits per heavy atom. The highest BCUT2D eigenvalue weighted by molar-refractivity contribution is 14.1. The second-order valence-electron chi connectivity index (χ2n) is 4.71. The van der Waals surface area contributed by atoms with Gasteiger partial charge >= 0.3 is 0 Å². The average Bonchev–Trinajstić information content (AvgIpc) is 2.35. The zero-order chi connectivity index (χ0) is 12.7. The lowest BCUT2D eigenvalue weighted by atomic mass is 9.86. The third-order valence-corrected chi connectivity index (χ3v) is 4.61. The minimum Gasteiger partial charge on any atom is -0.493 e. The molecule has 96 valence electrons. The molecule has 1 aromatic rings. The molecule has 0 amide bonds. The Morgan fingerprint density at radius 2 is 1.88 bits per heavy atom. The molecule has 0 saturated heterocycles. The molecule has 0 atom stereocenters. The Morgan fingerprint density at radius 3 is 2.53 bits per heavy atom. The van der Waals surface area contributed by atoms with E-state index in [0.29, 0.717) is 6.61 Å². The molecular weight excluding hydrogens is 327 g/mol. The van der Waals surface area contributed by atoms with Crippen molar-refractivity contribution in [2.45, 2.75) is 25.7 Å². The van der Waals surface area contributed by atoms with Crippen LogP contribution in [0, 0.1) is 0 Å². The number of hydrogen-bond donors (Lipinski definition) is 0. The van der Waals surface area contributed by atoms with E-state index in [4.69, 9.17) is 9.47 Å². The number of halogens is 1. The standard InChI is InChI=1S/C14H21IO2/c1-14(2,11-15)12-7-4-5-8-13(12)17-10-6-9-16-3/h4-5,7-8H,6,9-11H2,1-3H3. The van der Waals surface area contributed by atoms with Crippen LogP contribution in [0.2, 0.25) is 0 Å². The molecule has 1 rings (SSSR count). The van der Waals surface area contributed by atoms with Gasteiger partial charge in [0, 0.05) is 35.5 Å². The molecule has 0 unspecified atom stereocenters. The number of ether oxygens (including phenoxy) is 2. The molecule has 0 radical (unpaired) electrons. The molecule has 17 heavy (non-hydrogen) atoms. The Bertz CT molecular complexity index is 337. The van der Waals surface area contributed by atoms with Crippen LogP contribution in [0.5, 0.6) is 5.75 Å². The van der Waals surface area contributed by atoms with Crippen molar-refractivity contribution in [1.29, 1.82) is 0 Å². The molecular formula is C14H21IO2. The number of para-hydroxylation sites is 1. The highest BCUT2D eigenvalue weighted by atomic mass is 127. The predicted molar refractivity (Wildman–Crippen MR) is 80.3 cm³/mol. The van der Waals surface area contributed by atoms with Crippen LogP contribution in [0.4, 0.5) is 0 Å². The number of methoxy groups -OCH3 is 1. The third-order valence-electron chi connectivity index (χ3n) is 2.70. The number of rotatable bonds is 7. The molecule has 0 saturated carbocycles. The van der Waals surface area contributed by atoms with Crippen LogP contribution in [-0.4, -0.2) is 24.8 Å². The molecule has 0 heterocycles. The first-order chi connectivity index (χ1) is 8.11. The smallest absolute Gasteiger partial charge is 0.123 e. The van der Waals surface area contributed by atoms with E-state index < -0.39 is 0 Å². The summed E-state index contributed by atoms with van der Waals surface area (Å²) in [6.45, 7) is 5.95. The summed E-state index contributed by atoms with van der Waals surface area (Å²) in [7, 11) is 1.72. The molecule has 0 spiro atoms. The van der Waals surface area contributed by atoms with E-state index in [1.165, 1.54) is 5.56 Å². The van der Waals surface area contributed by atoms with E-state index in [9.17, 15) is 0 Å². The predicted octanol–water partition coefficient (Wildman–Crippen LogP) is 3.81. The quantitative estimate of drug-likeness (QED) is 0.424. The molecule has 0 N–H and O–H groups in total. The van der Waals surface area contributed by atoms with Crippen molar-refractivity contribution >= 4 is 22.6 Å². The van der Waals surface area contributed by atoms with E-state index in [0.717, 1.165) is 23.2 Å². The maximum atomic E-state index is 5.84. The van der Waals surface area contributed by atoms with Gasteiger partial charge in [-0.05, 0) is 6.07 Å². The van der Waals surface area contributed by atoms with Gasteiger partial charge in [0.25, 0.3) is 0 Å². The van der Waals surface area contributed by atoms with E-state index in [1.807, 2.05) is 6.07 Å². The molecule has 0 aliphatic carbocycles. The minimum atomic E-state index is 0.151. The lowest BCUT2D eigenvalue weighted by molar-refractivity contribution is 0.171. The molecule has 0 aromatic heterocycles. The van der Waals surface area contributed by atoms with E-state index >= 15 is 0 Å². The summed E-state index contributed by atoms with van der Waals surface area (Å²) in [6, 6.07) is 8.31. The molecule has 2 nitrogen and oxygen atoms in total. The Hall–Kier alpha value is -0.290. The largest absolute Gasteiger partial charge is 0.493 e. The minimum absolute atomic E-state index is 0.151. The Kier molecular flexibility index (Phi) is 6.27. The summed E-state index contributed by atoms with van der Waals surface area (Å²) in [5.74, 6) is 1.00. The van der Waals surface area contributed by atoms with Crippen LogP contribution in [0.1, 0.15) is 25.8 Å². The van der Waals surface area contributed by atoms with Gasteiger partial charge < -0.3 is 9.47 Å². The van der Waals surface area contributed by atoms with Crippen molar-refractivity contribution in [3.8, 4) is 5.75 Å². The van der Waals surface area contributed by atoms with Crippen molar-refractivity contribution in [3.63, 3.8) is 0 Å². The summed E-state index contributed by atoms with van der Waals surface area (Å²) < 4.78 is 11.9. The lowest BCUT2D eigenvalue weighted by Crippen LogP contribution is -2.20. The third kappa shape index (κ3) is 4.47. The summed E-state index contributed by atoms with van der Waals surface area (Å²) in [5.41, 5.74) is 1.44. The first-order valence-electron chi connectivity index (χ1n) is 5.89. The second kappa shape index (κ2) is 7.21. The van der Waals surface area contributed by atoms with Crippen LogP contribution in [0.15, 0.2) is 24.3 Å². The molecule has 0 bridgehead atoms. The van der Waals surface area contributed by atoms with Crippen LogP contribution < -0.4 is 4.74 Å². The van der Waals surface area contributed by atoms with Crippen molar-refractivity contribution in [2.24, 2.45) is 0 Å². The number of benzene rings is 1. The van der Waals surface area contributed by atoms with Crippen molar-refractivity contribution in [1.82, 2.24) is 0 Å². The zero-order valence-electron chi connectivity index (χ0n) is 10.8. The van der Waals surface area contributed by atoms with Crippen molar-refractivity contribution in [2.75, 3.05) is 24.8 Å². The SMILES string of the molecule is COCCCOc1ccccc1C(C)(C)CI. The van der Waals surface area contributed by atoms with Gasteiger partial charge in [-0.2, -0.15) is 0 Å². The highest BCUT2D eigenvalue weighted by Crippen LogP contribution is 2.33. The fraction of sp³-hybridized carbons (Fsp3) is 0.571. The Balaban J connectivity index is 2.71. The summed E-state index contributed by atoms with van der Waals surface area (Å²) in [5, 5.41) is 0. The van der Waals surface area contributed by atoms with Gasteiger partial charge in [-0.1, -0.05) is 54.6 Å². The van der Waals surface area contributed by atoms with Crippen LogP contribution in [0.25, 0.3) is 0 Å². The van der Waals surface area contributed by atoms with E-state index in [-0.39, 0.29) is 5.41 Å². The van der Waals surface area contributed by atoms with Gasteiger partial charge in [0.15, 0.2) is 0 Å². The molecule has 3 heteroatoms. The molecule has 0 aliphatic heterocycles. The summed E-state index contributed by atoms with van der Waals surface area (Å²) >= 11 is 2.43. The fourth-order valence-electron chi connectivity index (χ4n) is 1.61. The van der Waals surface area contributed by atoms with Gasteiger partial charge in [0.1, 0.15) is 5.75 Å². The zero-order valence-corrected chi connectivity index (χ0v) is 13.0. The van der Waals surface area contributed by atoms with Gasteiger partial charge in [-0.3, -0.25) is 0 Å². The van der Waals surface area contributed by atoms with Crippen molar-refractivity contribution in [3.05, 3.63) is 29.8 Å². The normalized spacial score (nSPS) is 11.5.